The third kappa shape index (κ3) is 2.10. The van der Waals surface area contributed by atoms with Gasteiger partial charge in [0.2, 0.25) is 0 Å². The van der Waals surface area contributed by atoms with Crippen LogP contribution in [0, 0.1) is 0 Å². The van der Waals surface area contributed by atoms with E-state index in [1.54, 1.807) is 6.07 Å². The van der Waals surface area contributed by atoms with Crippen LogP contribution in [0.4, 0.5) is 18.9 Å². The number of nitrogens with zero attached hydrogens (tertiary/aromatic N) is 1. The fourth-order valence-corrected chi connectivity index (χ4v) is 2.79. The van der Waals surface area contributed by atoms with Crippen LogP contribution in [0.25, 0.3) is 10.9 Å². The van der Waals surface area contributed by atoms with Gasteiger partial charge in [0, 0.05) is 5.39 Å². The molecule has 0 spiro atoms. The number of halogens is 3. The molecule has 0 unspecified atom stereocenters. The normalized spacial score (nSPS) is 15.2. The number of fused-ring (bicyclic) bond motifs is 3. The number of aryl methyl sites for hydroxylation is 2. The molecule has 1 aromatic heterocycles. The van der Waals surface area contributed by atoms with Gasteiger partial charge in [-0.2, -0.15) is 13.2 Å². The predicted octanol–water partition coefficient (Wildman–Crippen LogP) is 3.42. The van der Waals surface area contributed by atoms with Gasteiger partial charge in [0.05, 0.1) is 11.2 Å². The molecule has 1 aliphatic carbocycles. The summed E-state index contributed by atoms with van der Waals surface area (Å²) in [5.74, 6) is 5.36. The van der Waals surface area contributed by atoms with Crippen LogP contribution in [0.3, 0.4) is 0 Å². The van der Waals surface area contributed by atoms with Crippen molar-refractivity contribution in [1.29, 1.82) is 0 Å². The second kappa shape index (κ2) is 4.63. The molecule has 0 bridgehead atoms. The molecule has 0 saturated carbocycles. The van der Waals surface area contributed by atoms with Gasteiger partial charge in [-0.05, 0) is 42.9 Å². The number of hydrazine groups is 1. The van der Waals surface area contributed by atoms with Crippen LogP contribution in [0.1, 0.15) is 29.7 Å². The van der Waals surface area contributed by atoms with Crippen molar-refractivity contribution in [3.63, 3.8) is 0 Å². The first-order valence-corrected chi connectivity index (χ1v) is 6.50. The van der Waals surface area contributed by atoms with E-state index in [0.29, 0.717) is 10.9 Å². The molecule has 0 saturated heterocycles. The molecule has 20 heavy (non-hydrogen) atoms. The number of hydrogen-bond acceptors (Lipinski definition) is 3. The minimum absolute atomic E-state index is 0.260. The number of nitrogens with two attached hydrogens (primary N) is 1. The molecule has 0 fully saturated rings. The van der Waals surface area contributed by atoms with Crippen molar-refractivity contribution in [2.24, 2.45) is 5.84 Å². The van der Waals surface area contributed by atoms with E-state index in [9.17, 15) is 13.2 Å². The van der Waals surface area contributed by atoms with E-state index in [2.05, 4.69) is 10.4 Å². The Morgan fingerprint density at radius 3 is 2.60 bits per heavy atom. The van der Waals surface area contributed by atoms with Crippen LogP contribution in [0.15, 0.2) is 18.2 Å². The van der Waals surface area contributed by atoms with Crippen molar-refractivity contribution < 1.29 is 13.2 Å². The van der Waals surface area contributed by atoms with Gasteiger partial charge in [0.25, 0.3) is 0 Å². The average molecular weight is 281 g/mol. The van der Waals surface area contributed by atoms with Crippen molar-refractivity contribution in [3.05, 3.63) is 35.0 Å². The lowest BCUT2D eigenvalue weighted by molar-refractivity contribution is -0.140. The summed E-state index contributed by atoms with van der Waals surface area (Å²) < 4.78 is 38.8. The number of aromatic nitrogens is 1. The molecule has 106 valence electrons. The Kier molecular flexibility index (Phi) is 3.05. The van der Waals surface area contributed by atoms with Gasteiger partial charge in [-0.15, -0.1) is 0 Å². The fourth-order valence-electron chi connectivity index (χ4n) is 2.79. The lowest BCUT2D eigenvalue weighted by Crippen LogP contribution is -2.14. The van der Waals surface area contributed by atoms with Crippen LogP contribution in [-0.2, 0) is 19.0 Å². The van der Waals surface area contributed by atoms with Gasteiger partial charge in [-0.3, -0.25) is 5.84 Å². The molecule has 0 radical (unpaired) electrons. The highest BCUT2D eigenvalue weighted by atomic mass is 19.4. The van der Waals surface area contributed by atoms with Crippen LogP contribution in [0.5, 0.6) is 0 Å². The summed E-state index contributed by atoms with van der Waals surface area (Å²) in [4.78, 5) is 3.85. The van der Waals surface area contributed by atoms with Gasteiger partial charge in [0.1, 0.15) is 5.69 Å². The molecular formula is C14H14F3N3. The van der Waals surface area contributed by atoms with Crippen molar-refractivity contribution in [3.8, 4) is 0 Å². The van der Waals surface area contributed by atoms with Gasteiger partial charge in [-0.1, -0.05) is 12.1 Å². The molecule has 1 heterocycles. The number of nitrogens with one attached hydrogen (secondary N) is 1. The Morgan fingerprint density at radius 1 is 1.15 bits per heavy atom. The summed E-state index contributed by atoms with van der Waals surface area (Å²) in [6.45, 7) is 0. The standard InChI is InChI=1S/C14H14F3N3/c15-14(16,17)12-7-11(20-18)10-6-5-8-3-1-2-4-9(8)13(10)19-12/h5-7H,1-4,18H2,(H,19,20). The van der Waals surface area contributed by atoms with Crippen LogP contribution in [0.2, 0.25) is 0 Å². The summed E-state index contributed by atoms with van der Waals surface area (Å²) in [6, 6.07) is 4.71. The van der Waals surface area contributed by atoms with E-state index < -0.39 is 11.9 Å². The monoisotopic (exact) mass is 281 g/mol. The second-order valence-electron chi connectivity index (χ2n) is 5.00. The summed E-state index contributed by atoms with van der Waals surface area (Å²) >= 11 is 0. The number of alkyl halides is 3. The highest BCUT2D eigenvalue weighted by molar-refractivity contribution is 5.94. The van der Waals surface area contributed by atoms with E-state index >= 15 is 0 Å². The summed E-state index contributed by atoms with van der Waals surface area (Å²) in [5.41, 5.74) is 4.15. The van der Waals surface area contributed by atoms with E-state index in [1.807, 2.05) is 6.07 Å². The van der Waals surface area contributed by atoms with Crippen molar-refractivity contribution in [2.75, 3.05) is 5.43 Å². The number of anilines is 1. The number of rotatable bonds is 1. The van der Waals surface area contributed by atoms with Crippen LogP contribution in [-0.4, -0.2) is 4.98 Å². The Bertz CT molecular complexity index is 665. The van der Waals surface area contributed by atoms with Crippen molar-refractivity contribution in [2.45, 2.75) is 31.9 Å². The topological polar surface area (TPSA) is 50.9 Å². The number of hydrogen-bond donors (Lipinski definition) is 2. The first-order chi connectivity index (χ1) is 9.50. The largest absolute Gasteiger partial charge is 0.433 e. The third-order valence-corrected chi connectivity index (χ3v) is 3.75. The molecule has 3 nitrogen and oxygen atoms in total. The summed E-state index contributed by atoms with van der Waals surface area (Å²) in [6.07, 6.45) is -0.758. The van der Waals surface area contributed by atoms with E-state index in [4.69, 9.17) is 5.84 Å². The number of benzene rings is 1. The summed E-state index contributed by atoms with van der Waals surface area (Å²) in [5, 5.41) is 0.640. The molecule has 3 rings (SSSR count). The highest BCUT2D eigenvalue weighted by Gasteiger charge is 2.33. The van der Waals surface area contributed by atoms with E-state index in [0.717, 1.165) is 42.9 Å². The lowest BCUT2D eigenvalue weighted by atomic mass is 9.89. The minimum atomic E-state index is -4.48. The van der Waals surface area contributed by atoms with Gasteiger partial charge in [0.15, 0.2) is 0 Å². The smallest absolute Gasteiger partial charge is 0.323 e. The van der Waals surface area contributed by atoms with Gasteiger partial charge in [-0.25, -0.2) is 4.98 Å². The van der Waals surface area contributed by atoms with Crippen LogP contribution >= 0.6 is 0 Å². The molecule has 1 aromatic carbocycles. The molecule has 2 aromatic rings. The SMILES string of the molecule is NNc1cc(C(F)(F)F)nc2c3c(ccc12)CCCC3. The zero-order chi connectivity index (χ0) is 14.3. The average Bonchev–Trinajstić information content (AvgIpc) is 2.44. The Hall–Kier alpha value is -1.82. The zero-order valence-electron chi connectivity index (χ0n) is 10.7. The predicted molar refractivity (Wildman–Crippen MR) is 71.2 cm³/mol. The quantitative estimate of drug-likeness (QED) is 0.622. The first kappa shape index (κ1) is 13.2. The van der Waals surface area contributed by atoms with Crippen molar-refractivity contribution in [1.82, 2.24) is 4.98 Å². The maximum absolute atomic E-state index is 12.9. The molecular weight excluding hydrogens is 267 g/mol. The number of nitrogen functional groups attached to an aromatic ring is 1. The second-order valence-corrected chi connectivity index (χ2v) is 5.00. The molecule has 0 atom stereocenters. The third-order valence-electron chi connectivity index (χ3n) is 3.75. The Labute approximate surface area is 114 Å². The Balaban J connectivity index is 2.32. The molecule has 0 amide bonds. The van der Waals surface area contributed by atoms with Crippen LogP contribution < -0.4 is 11.3 Å². The zero-order valence-corrected chi connectivity index (χ0v) is 10.7. The highest BCUT2D eigenvalue weighted by Crippen LogP contribution is 2.36. The Morgan fingerprint density at radius 2 is 1.90 bits per heavy atom. The molecule has 3 N–H and O–H groups in total. The first-order valence-electron chi connectivity index (χ1n) is 6.50. The van der Waals surface area contributed by atoms with Gasteiger partial charge < -0.3 is 5.43 Å². The van der Waals surface area contributed by atoms with Crippen molar-refractivity contribution >= 4 is 16.6 Å². The maximum Gasteiger partial charge on any atom is 0.433 e. The molecule has 0 aliphatic heterocycles. The van der Waals surface area contributed by atoms with E-state index in [1.165, 1.54) is 0 Å². The summed E-state index contributed by atoms with van der Waals surface area (Å²) in [7, 11) is 0. The lowest BCUT2D eigenvalue weighted by Gasteiger charge is -2.19. The van der Waals surface area contributed by atoms with Gasteiger partial charge >= 0.3 is 6.18 Å². The molecule has 6 heteroatoms. The fraction of sp³-hybridized carbons (Fsp3) is 0.357. The number of pyridine rings is 1. The van der Waals surface area contributed by atoms with E-state index in [-0.39, 0.29) is 5.69 Å². The minimum Gasteiger partial charge on any atom is -0.323 e. The maximum atomic E-state index is 12.9. The molecule has 1 aliphatic rings.